The van der Waals surface area contributed by atoms with E-state index in [-0.39, 0.29) is 22.2 Å². The van der Waals surface area contributed by atoms with Gasteiger partial charge >= 0.3 is 0 Å². The number of rotatable bonds is 9. The average Bonchev–Trinajstić information content (AvgIpc) is 2.46. The van der Waals surface area contributed by atoms with Gasteiger partial charge in [-0.3, -0.25) is 4.72 Å². The molecule has 0 aliphatic rings. The summed E-state index contributed by atoms with van der Waals surface area (Å²) < 4.78 is 26.4. The molecule has 0 spiro atoms. The van der Waals surface area contributed by atoms with E-state index in [2.05, 4.69) is 11.6 Å². The van der Waals surface area contributed by atoms with Gasteiger partial charge < -0.3 is 5.11 Å². The third kappa shape index (κ3) is 5.86. The molecule has 0 bridgehead atoms. The molecule has 1 aromatic rings. The smallest absolute Gasteiger partial charge is 0.232 e. The molecule has 0 saturated heterocycles. The van der Waals surface area contributed by atoms with Crippen LogP contribution in [0, 0.1) is 6.92 Å². The molecule has 0 unspecified atom stereocenters. The van der Waals surface area contributed by atoms with Crippen molar-refractivity contribution in [3.8, 4) is 5.75 Å². The van der Waals surface area contributed by atoms with E-state index in [0.29, 0.717) is 17.0 Å². The fraction of sp³-hybridized carbons (Fsp3) is 0.600. The Balaban J connectivity index is 2.62. The monoisotopic (exact) mass is 367 g/mol. The molecule has 7 heteroatoms. The Hall–Kier alpha value is -0.650. The number of halogens is 2. The summed E-state index contributed by atoms with van der Waals surface area (Å²) in [6.45, 7) is 3.79. The molecule has 126 valence electrons. The Morgan fingerprint density at radius 3 is 2.36 bits per heavy atom. The summed E-state index contributed by atoms with van der Waals surface area (Å²) in [5.41, 5.74) is 0.534. The van der Waals surface area contributed by atoms with Crippen molar-refractivity contribution in [2.45, 2.75) is 52.4 Å². The molecule has 0 heterocycles. The largest absolute Gasteiger partial charge is 0.504 e. The summed E-state index contributed by atoms with van der Waals surface area (Å²) in [5.74, 6) is -0.281. The lowest BCUT2D eigenvalue weighted by molar-refractivity contribution is 0.477. The molecule has 0 radical (unpaired) electrons. The fourth-order valence-corrected chi connectivity index (χ4v) is 3.71. The summed E-state index contributed by atoms with van der Waals surface area (Å²) in [4.78, 5) is 0. The molecule has 0 aliphatic carbocycles. The van der Waals surface area contributed by atoms with Crippen molar-refractivity contribution in [3.05, 3.63) is 21.7 Å². The van der Waals surface area contributed by atoms with E-state index < -0.39 is 10.0 Å². The van der Waals surface area contributed by atoms with Crippen molar-refractivity contribution in [1.82, 2.24) is 0 Å². The van der Waals surface area contributed by atoms with Crippen molar-refractivity contribution in [1.29, 1.82) is 0 Å². The van der Waals surface area contributed by atoms with Crippen LogP contribution in [0.1, 0.15) is 51.0 Å². The standard InChI is InChI=1S/C15H23Cl2NO3S/c1-3-4-5-6-7-8-9-22(20,21)18-13-10-12(16)11(2)14(17)15(13)19/h10,18-19H,3-9H2,1-2H3. The summed E-state index contributed by atoms with van der Waals surface area (Å²) >= 11 is 11.9. The number of phenols is 1. The number of unbranched alkanes of at least 4 members (excludes halogenated alkanes) is 5. The zero-order chi connectivity index (χ0) is 16.8. The van der Waals surface area contributed by atoms with E-state index in [0.717, 1.165) is 25.7 Å². The van der Waals surface area contributed by atoms with Crippen LogP contribution in [0.15, 0.2) is 6.07 Å². The van der Waals surface area contributed by atoms with Gasteiger partial charge in [-0.25, -0.2) is 8.42 Å². The maximum absolute atomic E-state index is 12.0. The van der Waals surface area contributed by atoms with E-state index in [1.807, 2.05) is 0 Å². The van der Waals surface area contributed by atoms with Crippen molar-refractivity contribution < 1.29 is 13.5 Å². The summed E-state index contributed by atoms with van der Waals surface area (Å²) in [6.07, 6.45) is 5.98. The number of hydrogen-bond donors (Lipinski definition) is 2. The van der Waals surface area contributed by atoms with Crippen LogP contribution in [0.3, 0.4) is 0 Å². The molecule has 22 heavy (non-hydrogen) atoms. The number of benzene rings is 1. The first-order chi connectivity index (χ1) is 10.3. The van der Waals surface area contributed by atoms with Crippen LogP contribution in [-0.4, -0.2) is 19.3 Å². The number of hydrogen-bond acceptors (Lipinski definition) is 3. The number of aromatic hydroxyl groups is 1. The van der Waals surface area contributed by atoms with Crippen molar-refractivity contribution in [2.75, 3.05) is 10.5 Å². The van der Waals surface area contributed by atoms with Gasteiger partial charge in [-0.15, -0.1) is 0 Å². The lowest BCUT2D eigenvalue weighted by Crippen LogP contribution is -2.17. The number of nitrogens with one attached hydrogen (secondary N) is 1. The Kier molecular flexibility index (Phi) is 7.80. The van der Waals surface area contributed by atoms with Crippen LogP contribution in [0.25, 0.3) is 0 Å². The molecule has 1 aromatic carbocycles. The van der Waals surface area contributed by atoms with Crippen LogP contribution in [0.5, 0.6) is 5.75 Å². The van der Waals surface area contributed by atoms with Gasteiger partial charge in [0, 0.05) is 5.02 Å². The molecule has 0 saturated carbocycles. The molecule has 2 N–H and O–H groups in total. The highest BCUT2D eigenvalue weighted by molar-refractivity contribution is 7.92. The van der Waals surface area contributed by atoms with Crippen molar-refractivity contribution in [3.63, 3.8) is 0 Å². The van der Waals surface area contributed by atoms with Crippen LogP contribution in [0.4, 0.5) is 5.69 Å². The topological polar surface area (TPSA) is 66.4 Å². The fourth-order valence-electron chi connectivity index (χ4n) is 2.07. The third-order valence-corrected chi connectivity index (χ3v) is 5.67. The molecule has 4 nitrogen and oxygen atoms in total. The Labute approximate surface area is 142 Å². The maximum atomic E-state index is 12.0. The minimum absolute atomic E-state index is 0.0156. The molecule has 0 atom stereocenters. The molecular formula is C15H23Cl2NO3S. The average molecular weight is 368 g/mol. The Morgan fingerprint density at radius 1 is 1.14 bits per heavy atom. The molecule has 0 aliphatic heterocycles. The first-order valence-corrected chi connectivity index (χ1v) is 9.87. The highest BCUT2D eigenvalue weighted by atomic mass is 35.5. The van der Waals surface area contributed by atoms with Gasteiger partial charge in [0.15, 0.2) is 5.75 Å². The van der Waals surface area contributed by atoms with Gasteiger partial charge in [0.25, 0.3) is 0 Å². The zero-order valence-electron chi connectivity index (χ0n) is 13.0. The number of phenolic OH excluding ortho intramolecular Hbond substituents is 1. The molecule has 0 amide bonds. The normalized spacial score (nSPS) is 11.6. The van der Waals surface area contributed by atoms with E-state index in [1.54, 1.807) is 6.92 Å². The minimum atomic E-state index is -3.52. The summed E-state index contributed by atoms with van der Waals surface area (Å²) in [6, 6.07) is 1.37. The van der Waals surface area contributed by atoms with Gasteiger partial charge in [-0.05, 0) is 25.0 Å². The maximum Gasteiger partial charge on any atom is 0.232 e. The second kappa shape index (κ2) is 8.85. The highest BCUT2D eigenvalue weighted by Crippen LogP contribution is 2.39. The first-order valence-electron chi connectivity index (χ1n) is 7.46. The lowest BCUT2D eigenvalue weighted by Gasteiger charge is -2.13. The predicted octanol–water partition coefficient (Wildman–Crippen LogP) is 5.11. The van der Waals surface area contributed by atoms with Gasteiger partial charge in [-0.2, -0.15) is 0 Å². The second-order valence-electron chi connectivity index (χ2n) is 5.38. The highest BCUT2D eigenvalue weighted by Gasteiger charge is 2.17. The van der Waals surface area contributed by atoms with Crippen LogP contribution in [-0.2, 0) is 10.0 Å². The minimum Gasteiger partial charge on any atom is -0.504 e. The van der Waals surface area contributed by atoms with E-state index >= 15 is 0 Å². The van der Waals surface area contributed by atoms with Crippen molar-refractivity contribution >= 4 is 38.9 Å². The van der Waals surface area contributed by atoms with Crippen LogP contribution < -0.4 is 4.72 Å². The van der Waals surface area contributed by atoms with Gasteiger partial charge in [-0.1, -0.05) is 62.2 Å². The third-order valence-electron chi connectivity index (χ3n) is 3.45. The van der Waals surface area contributed by atoms with E-state index in [4.69, 9.17) is 23.2 Å². The first kappa shape index (κ1) is 19.4. The number of sulfonamides is 1. The molecule has 0 aromatic heterocycles. The predicted molar refractivity (Wildman–Crippen MR) is 93.6 cm³/mol. The second-order valence-corrected chi connectivity index (χ2v) is 8.01. The van der Waals surface area contributed by atoms with Crippen LogP contribution in [0.2, 0.25) is 10.0 Å². The lowest BCUT2D eigenvalue weighted by atomic mass is 10.1. The molecule has 1 rings (SSSR count). The Morgan fingerprint density at radius 2 is 1.73 bits per heavy atom. The quantitative estimate of drug-likeness (QED) is 0.470. The molecular weight excluding hydrogens is 345 g/mol. The number of anilines is 1. The molecule has 0 fully saturated rings. The summed E-state index contributed by atoms with van der Waals surface area (Å²) in [7, 11) is -3.52. The SMILES string of the molecule is CCCCCCCCS(=O)(=O)Nc1cc(Cl)c(C)c(Cl)c1O. The van der Waals surface area contributed by atoms with Gasteiger partial charge in [0.05, 0.1) is 16.5 Å². The Bertz CT molecular complexity index is 603. The van der Waals surface area contributed by atoms with Crippen LogP contribution >= 0.6 is 23.2 Å². The van der Waals surface area contributed by atoms with Gasteiger partial charge in [0.2, 0.25) is 10.0 Å². The summed E-state index contributed by atoms with van der Waals surface area (Å²) in [5, 5.41) is 10.3. The van der Waals surface area contributed by atoms with E-state index in [9.17, 15) is 13.5 Å². The zero-order valence-corrected chi connectivity index (χ0v) is 15.3. The van der Waals surface area contributed by atoms with Crippen molar-refractivity contribution in [2.24, 2.45) is 0 Å². The van der Waals surface area contributed by atoms with Gasteiger partial charge in [0.1, 0.15) is 0 Å². The van der Waals surface area contributed by atoms with E-state index in [1.165, 1.54) is 12.5 Å².